The van der Waals surface area contributed by atoms with Crippen LogP contribution in [-0.2, 0) is 0 Å². The normalized spacial score (nSPS) is 10.2. The molecule has 6 nitrogen and oxygen atoms in total. The molecule has 0 saturated heterocycles. The summed E-state index contributed by atoms with van der Waals surface area (Å²) in [6.45, 7) is 1.50. The third kappa shape index (κ3) is 3.29. The van der Waals surface area contributed by atoms with Gasteiger partial charge >= 0.3 is 5.97 Å². The SMILES string of the molecule is Cc1c(Oc2ccc(Cl)cc2)cc(C(=O)O)cc1[N+](=O)[O-]. The van der Waals surface area contributed by atoms with Gasteiger partial charge in [0.1, 0.15) is 11.5 Å². The molecule has 0 aromatic heterocycles. The fraction of sp³-hybridized carbons (Fsp3) is 0.0714. The van der Waals surface area contributed by atoms with Crippen LogP contribution in [0.25, 0.3) is 0 Å². The number of rotatable bonds is 4. The maximum Gasteiger partial charge on any atom is 0.336 e. The highest BCUT2D eigenvalue weighted by atomic mass is 35.5. The van der Waals surface area contributed by atoms with Gasteiger partial charge in [-0.3, -0.25) is 10.1 Å². The molecular formula is C14H10ClNO5. The molecular weight excluding hydrogens is 298 g/mol. The second kappa shape index (κ2) is 5.80. The first-order valence-electron chi connectivity index (χ1n) is 5.84. The molecule has 2 aromatic rings. The molecule has 108 valence electrons. The van der Waals surface area contributed by atoms with E-state index < -0.39 is 10.9 Å². The van der Waals surface area contributed by atoms with Crippen molar-refractivity contribution in [2.75, 3.05) is 0 Å². The van der Waals surface area contributed by atoms with Crippen molar-refractivity contribution >= 4 is 23.3 Å². The van der Waals surface area contributed by atoms with Crippen molar-refractivity contribution in [2.24, 2.45) is 0 Å². The van der Waals surface area contributed by atoms with E-state index in [1.807, 2.05) is 0 Å². The fourth-order valence-corrected chi connectivity index (χ4v) is 1.85. The maximum atomic E-state index is 11.0. The molecule has 7 heteroatoms. The summed E-state index contributed by atoms with van der Waals surface area (Å²) >= 11 is 5.76. The number of aromatic carboxylic acids is 1. The summed E-state index contributed by atoms with van der Waals surface area (Å²) in [5, 5.41) is 20.5. The summed E-state index contributed by atoms with van der Waals surface area (Å²) in [4.78, 5) is 21.4. The lowest BCUT2D eigenvalue weighted by atomic mass is 10.1. The molecule has 0 bridgehead atoms. The third-order valence-electron chi connectivity index (χ3n) is 2.82. The van der Waals surface area contributed by atoms with E-state index in [1.165, 1.54) is 13.0 Å². The van der Waals surface area contributed by atoms with Crippen molar-refractivity contribution < 1.29 is 19.6 Å². The Hall–Kier alpha value is -2.60. The number of halogens is 1. The van der Waals surface area contributed by atoms with Gasteiger partial charge in [-0.25, -0.2) is 4.79 Å². The number of nitrogens with zero attached hydrogens (tertiary/aromatic N) is 1. The van der Waals surface area contributed by atoms with Crippen molar-refractivity contribution in [3.63, 3.8) is 0 Å². The Labute approximate surface area is 124 Å². The quantitative estimate of drug-likeness (QED) is 0.680. The van der Waals surface area contributed by atoms with Crippen LogP contribution >= 0.6 is 11.6 Å². The van der Waals surface area contributed by atoms with Crippen LogP contribution in [-0.4, -0.2) is 16.0 Å². The molecule has 0 radical (unpaired) electrons. The minimum absolute atomic E-state index is 0.115. The molecule has 0 fully saturated rings. The summed E-state index contributed by atoms with van der Waals surface area (Å²) in [7, 11) is 0. The van der Waals surface area contributed by atoms with Crippen LogP contribution in [0.5, 0.6) is 11.5 Å². The summed E-state index contributed by atoms with van der Waals surface area (Å²) in [5.74, 6) is -0.748. The standard InChI is InChI=1S/C14H10ClNO5/c1-8-12(16(19)20)6-9(14(17)18)7-13(8)21-11-4-2-10(15)3-5-11/h2-7H,1H3,(H,17,18). The van der Waals surface area contributed by atoms with Crippen molar-refractivity contribution in [1.82, 2.24) is 0 Å². The smallest absolute Gasteiger partial charge is 0.336 e. The topological polar surface area (TPSA) is 89.7 Å². The lowest BCUT2D eigenvalue weighted by molar-refractivity contribution is -0.385. The summed E-state index contributed by atoms with van der Waals surface area (Å²) in [6.07, 6.45) is 0. The number of ether oxygens (including phenoxy) is 1. The van der Waals surface area contributed by atoms with Crippen LogP contribution in [0, 0.1) is 17.0 Å². The maximum absolute atomic E-state index is 11.0. The molecule has 0 aliphatic carbocycles. The van der Waals surface area contributed by atoms with Crippen molar-refractivity contribution in [2.45, 2.75) is 6.92 Å². The lowest BCUT2D eigenvalue weighted by Gasteiger charge is -2.10. The fourth-order valence-electron chi connectivity index (χ4n) is 1.72. The number of carboxylic acids is 1. The monoisotopic (exact) mass is 307 g/mol. The first-order chi connectivity index (χ1) is 9.88. The second-order valence-electron chi connectivity index (χ2n) is 4.24. The third-order valence-corrected chi connectivity index (χ3v) is 3.07. The zero-order valence-electron chi connectivity index (χ0n) is 10.9. The van der Waals surface area contributed by atoms with Gasteiger partial charge in [0, 0.05) is 11.1 Å². The van der Waals surface area contributed by atoms with Crippen LogP contribution in [0.2, 0.25) is 5.02 Å². The molecule has 0 saturated carbocycles. The highest BCUT2D eigenvalue weighted by Gasteiger charge is 2.20. The van der Waals surface area contributed by atoms with Gasteiger partial charge in [0.25, 0.3) is 5.69 Å². The first-order valence-corrected chi connectivity index (χ1v) is 6.22. The zero-order valence-corrected chi connectivity index (χ0v) is 11.6. The minimum atomic E-state index is -1.26. The molecule has 2 aromatic carbocycles. The van der Waals surface area contributed by atoms with Gasteiger partial charge in [0.2, 0.25) is 0 Å². The van der Waals surface area contributed by atoms with E-state index in [2.05, 4.69) is 0 Å². The highest BCUT2D eigenvalue weighted by Crippen LogP contribution is 2.33. The Morgan fingerprint density at radius 3 is 2.43 bits per heavy atom. The number of hydrogen-bond donors (Lipinski definition) is 1. The van der Waals surface area contributed by atoms with E-state index >= 15 is 0 Å². The molecule has 0 heterocycles. The van der Waals surface area contributed by atoms with Crippen LogP contribution in [0.15, 0.2) is 36.4 Å². The van der Waals surface area contributed by atoms with E-state index in [-0.39, 0.29) is 22.6 Å². The van der Waals surface area contributed by atoms with Crippen molar-refractivity contribution in [3.05, 3.63) is 62.7 Å². The number of nitro benzene ring substituents is 1. The summed E-state index contributed by atoms with van der Waals surface area (Å²) in [6, 6.07) is 8.62. The van der Waals surface area contributed by atoms with Crippen LogP contribution < -0.4 is 4.74 Å². The van der Waals surface area contributed by atoms with Gasteiger partial charge in [-0.1, -0.05) is 11.6 Å². The Morgan fingerprint density at radius 1 is 1.29 bits per heavy atom. The molecule has 0 aliphatic heterocycles. The molecule has 0 amide bonds. The van der Waals surface area contributed by atoms with E-state index in [0.717, 1.165) is 6.07 Å². The Kier molecular flexibility index (Phi) is 4.09. The predicted molar refractivity (Wildman–Crippen MR) is 76.3 cm³/mol. The zero-order chi connectivity index (χ0) is 15.6. The Bertz CT molecular complexity index is 712. The number of carbonyl (C=O) groups is 1. The lowest BCUT2D eigenvalue weighted by Crippen LogP contribution is -2.02. The molecule has 0 atom stereocenters. The Balaban J connectivity index is 2.48. The molecule has 2 rings (SSSR count). The molecule has 0 aliphatic rings. The average Bonchev–Trinajstić information content (AvgIpc) is 2.42. The Morgan fingerprint density at radius 2 is 1.90 bits per heavy atom. The molecule has 1 N–H and O–H groups in total. The van der Waals surface area contributed by atoms with E-state index in [0.29, 0.717) is 10.8 Å². The largest absolute Gasteiger partial charge is 0.478 e. The average molecular weight is 308 g/mol. The van der Waals surface area contributed by atoms with Gasteiger partial charge in [-0.05, 0) is 37.3 Å². The van der Waals surface area contributed by atoms with Gasteiger partial charge in [0.05, 0.1) is 16.1 Å². The molecule has 0 spiro atoms. The predicted octanol–water partition coefficient (Wildman–Crippen LogP) is 4.05. The summed E-state index contributed by atoms with van der Waals surface area (Å²) < 4.78 is 5.52. The number of benzene rings is 2. The van der Waals surface area contributed by atoms with Gasteiger partial charge in [-0.2, -0.15) is 0 Å². The summed E-state index contributed by atoms with van der Waals surface area (Å²) in [5.41, 5.74) is -0.268. The van der Waals surface area contributed by atoms with Gasteiger partial charge in [0.15, 0.2) is 0 Å². The van der Waals surface area contributed by atoms with Crippen molar-refractivity contribution in [1.29, 1.82) is 0 Å². The van der Waals surface area contributed by atoms with Crippen LogP contribution in [0.1, 0.15) is 15.9 Å². The molecule has 0 unspecified atom stereocenters. The second-order valence-corrected chi connectivity index (χ2v) is 4.67. The van der Waals surface area contributed by atoms with Gasteiger partial charge in [-0.15, -0.1) is 0 Å². The molecule has 21 heavy (non-hydrogen) atoms. The number of nitro groups is 1. The van der Waals surface area contributed by atoms with E-state index in [4.69, 9.17) is 21.4 Å². The number of hydrogen-bond acceptors (Lipinski definition) is 4. The number of carboxylic acid groups (broad SMARTS) is 1. The van der Waals surface area contributed by atoms with Crippen molar-refractivity contribution in [3.8, 4) is 11.5 Å². The first kappa shape index (κ1) is 14.8. The van der Waals surface area contributed by atoms with Crippen LogP contribution in [0.3, 0.4) is 0 Å². The minimum Gasteiger partial charge on any atom is -0.478 e. The van der Waals surface area contributed by atoms with Gasteiger partial charge < -0.3 is 9.84 Å². The van der Waals surface area contributed by atoms with Crippen LogP contribution in [0.4, 0.5) is 5.69 Å². The highest BCUT2D eigenvalue weighted by molar-refractivity contribution is 6.30. The van der Waals surface area contributed by atoms with E-state index in [1.54, 1.807) is 24.3 Å². The van der Waals surface area contributed by atoms with E-state index in [9.17, 15) is 14.9 Å².